The second kappa shape index (κ2) is 4.37. The summed E-state index contributed by atoms with van der Waals surface area (Å²) in [5.74, 6) is 0.0189. The summed E-state index contributed by atoms with van der Waals surface area (Å²) in [6.45, 7) is 1.94. The van der Waals surface area contributed by atoms with Crippen molar-refractivity contribution < 1.29 is 10.2 Å². The summed E-state index contributed by atoms with van der Waals surface area (Å²) in [5.41, 5.74) is 7.74. The van der Waals surface area contributed by atoms with E-state index in [1.807, 2.05) is 11.5 Å². The zero-order valence-electron chi connectivity index (χ0n) is 10.7. The van der Waals surface area contributed by atoms with Crippen molar-refractivity contribution in [2.45, 2.75) is 13.0 Å². The maximum absolute atomic E-state index is 9.58. The number of anilines is 1. The van der Waals surface area contributed by atoms with Crippen LogP contribution in [-0.2, 0) is 0 Å². The van der Waals surface area contributed by atoms with Gasteiger partial charge in [0.1, 0.15) is 11.8 Å². The van der Waals surface area contributed by atoms with Crippen molar-refractivity contribution in [3.63, 3.8) is 0 Å². The van der Waals surface area contributed by atoms with Crippen LogP contribution in [0.15, 0.2) is 30.9 Å². The number of rotatable bonds is 2. The van der Waals surface area contributed by atoms with Crippen molar-refractivity contribution in [3.05, 3.63) is 36.4 Å². The van der Waals surface area contributed by atoms with Crippen LogP contribution in [0.3, 0.4) is 0 Å². The molecule has 7 nitrogen and oxygen atoms in total. The first-order valence-corrected chi connectivity index (χ1v) is 6.03. The highest BCUT2D eigenvalue weighted by Gasteiger charge is 2.15. The van der Waals surface area contributed by atoms with E-state index in [0.717, 1.165) is 5.56 Å². The van der Waals surface area contributed by atoms with Gasteiger partial charge < -0.3 is 20.5 Å². The average Bonchev–Trinajstić information content (AvgIpc) is 2.86. The van der Waals surface area contributed by atoms with Crippen LogP contribution in [0.4, 0.5) is 5.82 Å². The van der Waals surface area contributed by atoms with E-state index in [9.17, 15) is 10.2 Å². The number of fused-ring (bicyclic) bond motifs is 1. The molecule has 0 unspecified atom stereocenters. The molecule has 3 rings (SSSR count). The van der Waals surface area contributed by atoms with Crippen molar-refractivity contribution in [2.24, 2.45) is 0 Å². The Bertz CT molecular complexity index is 784. The van der Waals surface area contributed by atoms with Crippen molar-refractivity contribution in [2.75, 3.05) is 5.73 Å². The Morgan fingerprint density at radius 1 is 1.15 bits per heavy atom. The van der Waals surface area contributed by atoms with Crippen LogP contribution < -0.4 is 5.73 Å². The number of nitrogens with zero attached hydrogens (tertiary/aromatic N) is 4. The third kappa shape index (κ3) is 1.80. The van der Waals surface area contributed by atoms with Gasteiger partial charge in [0.25, 0.3) is 0 Å². The number of aromatic nitrogens is 4. The molecule has 0 radical (unpaired) electrons. The zero-order chi connectivity index (χ0) is 14.3. The van der Waals surface area contributed by atoms with E-state index in [0.29, 0.717) is 17.0 Å². The smallest absolute Gasteiger partial charge is 0.165 e. The zero-order valence-corrected chi connectivity index (χ0v) is 10.7. The van der Waals surface area contributed by atoms with E-state index in [4.69, 9.17) is 5.73 Å². The first-order chi connectivity index (χ1) is 9.58. The summed E-state index contributed by atoms with van der Waals surface area (Å²) >= 11 is 0. The van der Waals surface area contributed by atoms with Crippen molar-refractivity contribution in [1.82, 2.24) is 19.5 Å². The number of hydrogen-bond acceptors (Lipinski definition) is 6. The van der Waals surface area contributed by atoms with E-state index in [1.165, 1.54) is 18.5 Å². The molecule has 0 bridgehead atoms. The van der Waals surface area contributed by atoms with Gasteiger partial charge in [-0.25, -0.2) is 15.0 Å². The van der Waals surface area contributed by atoms with Gasteiger partial charge in [-0.05, 0) is 24.6 Å². The topological polar surface area (TPSA) is 110 Å². The molecule has 2 heterocycles. The minimum Gasteiger partial charge on any atom is -0.504 e. The highest BCUT2D eigenvalue weighted by molar-refractivity contribution is 5.81. The van der Waals surface area contributed by atoms with Crippen molar-refractivity contribution in [3.8, 4) is 11.5 Å². The highest BCUT2D eigenvalue weighted by atomic mass is 16.3. The quantitative estimate of drug-likeness (QED) is 0.608. The first-order valence-electron chi connectivity index (χ1n) is 6.03. The molecular weight excluding hydrogens is 258 g/mol. The number of hydrogen-bond donors (Lipinski definition) is 3. The number of imidazole rings is 1. The van der Waals surface area contributed by atoms with Crippen LogP contribution >= 0.6 is 0 Å². The Balaban J connectivity index is 2.10. The van der Waals surface area contributed by atoms with Crippen LogP contribution in [0.1, 0.15) is 18.5 Å². The SMILES string of the molecule is C[C@H](c1ccc(O)c(O)c1)n1cnc2c(N)ncnc21. The number of aromatic hydroxyl groups is 2. The highest BCUT2D eigenvalue weighted by Crippen LogP contribution is 2.30. The van der Waals surface area contributed by atoms with Crippen LogP contribution in [0.5, 0.6) is 11.5 Å². The molecule has 0 fully saturated rings. The standard InChI is InChI=1S/C13H13N5O2/c1-7(8-2-3-9(19)10(20)4-8)18-6-17-11-12(14)15-5-16-13(11)18/h2-7,19-20H,1H3,(H2,14,15,16)/t7-/m1/s1. The molecule has 0 saturated carbocycles. The molecule has 7 heteroatoms. The molecule has 0 amide bonds. The number of phenolic OH excluding ortho intramolecular Hbond substituents is 2. The van der Waals surface area contributed by atoms with Crippen LogP contribution in [0.2, 0.25) is 0 Å². The van der Waals surface area contributed by atoms with E-state index >= 15 is 0 Å². The number of phenols is 2. The summed E-state index contributed by atoms with van der Waals surface area (Å²) in [7, 11) is 0. The minimum atomic E-state index is -0.159. The number of benzene rings is 1. The van der Waals surface area contributed by atoms with Gasteiger partial charge in [0.15, 0.2) is 23.0 Å². The monoisotopic (exact) mass is 271 g/mol. The Kier molecular flexibility index (Phi) is 2.67. The largest absolute Gasteiger partial charge is 0.504 e. The maximum Gasteiger partial charge on any atom is 0.165 e. The fourth-order valence-electron chi connectivity index (χ4n) is 2.11. The lowest BCUT2D eigenvalue weighted by Crippen LogP contribution is -2.06. The normalized spacial score (nSPS) is 12.7. The van der Waals surface area contributed by atoms with Gasteiger partial charge in [0.2, 0.25) is 0 Å². The Hall–Kier alpha value is -2.83. The van der Waals surface area contributed by atoms with E-state index in [-0.39, 0.29) is 17.5 Å². The molecule has 2 aromatic heterocycles. The van der Waals surface area contributed by atoms with E-state index in [2.05, 4.69) is 15.0 Å². The van der Waals surface area contributed by atoms with Crippen LogP contribution in [0.25, 0.3) is 11.2 Å². The van der Waals surface area contributed by atoms with Gasteiger partial charge in [-0.1, -0.05) is 6.07 Å². The predicted octanol–water partition coefficient (Wildman–Crippen LogP) is 1.43. The molecular formula is C13H13N5O2. The molecule has 0 aliphatic rings. The van der Waals surface area contributed by atoms with Gasteiger partial charge >= 0.3 is 0 Å². The maximum atomic E-state index is 9.58. The third-order valence-electron chi connectivity index (χ3n) is 3.29. The van der Waals surface area contributed by atoms with Gasteiger partial charge in [-0.15, -0.1) is 0 Å². The van der Waals surface area contributed by atoms with E-state index < -0.39 is 0 Å². The minimum absolute atomic E-state index is 0.124. The van der Waals surface area contributed by atoms with Crippen LogP contribution in [0, 0.1) is 0 Å². The fourth-order valence-corrected chi connectivity index (χ4v) is 2.11. The summed E-state index contributed by atoms with van der Waals surface area (Å²) in [6, 6.07) is 4.57. The summed E-state index contributed by atoms with van der Waals surface area (Å²) in [4.78, 5) is 12.3. The second-order valence-corrected chi connectivity index (χ2v) is 4.51. The third-order valence-corrected chi connectivity index (χ3v) is 3.29. The number of nitrogens with two attached hydrogens (primary N) is 1. The lowest BCUT2D eigenvalue weighted by atomic mass is 10.1. The van der Waals surface area contributed by atoms with Crippen molar-refractivity contribution >= 4 is 17.0 Å². The molecule has 20 heavy (non-hydrogen) atoms. The predicted molar refractivity (Wildman–Crippen MR) is 73.3 cm³/mol. The molecule has 0 aliphatic carbocycles. The van der Waals surface area contributed by atoms with Gasteiger partial charge in [0.05, 0.1) is 12.4 Å². The second-order valence-electron chi connectivity index (χ2n) is 4.51. The molecule has 1 atom stereocenters. The first kappa shape index (κ1) is 12.2. The van der Waals surface area contributed by atoms with Crippen molar-refractivity contribution in [1.29, 1.82) is 0 Å². The molecule has 0 saturated heterocycles. The summed E-state index contributed by atoms with van der Waals surface area (Å²) in [6.07, 6.45) is 3.02. The molecule has 0 spiro atoms. The Morgan fingerprint density at radius 3 is 2.70 bits per heavy atom. The van der Waals surface area contributed by atoms with Gasteiger partial charge in [-0.2, -0.15) is 0 Å². The van der Waals surface area contributed by atoms with Crippen LogP contribution in [-0.4, -0.2) is 29.7 Å². The fraction of sp³-hybridized carbons (Fsp3) is 0.154. The molecule has 102 valence electrons. The molecule has 1 aromatic carbocycles. The number of nitrogen functional groups attached to an aromatic ring is 1. The Labute approximate surface area is 114 Å². The lowest BCUT2D eigenvalue weighted by Gasteiger charge is -2.14. The van der Waals surface area contributed by atoms with E-state index in [1.54, 1.807) is 12.4 Å². The molecule has 0 aliphatic heterocycles. The lowest BCUT2D eigenvalue weighted by molar-refractivity contribution is 0.402. The molecule has 3 aromatic rings. The van der Waals surface area contributed by atoms with Gasteiger partial charge in [0, 0.05) is 0 Å². The summed E-state index contributed by atoms with van der Waals surface area (Å²) in [5, 5.41) is 18.9. The molecule has 4 N–H and O–H groups in total. The summed E-state index contributed by atoms with van der Waals surface area (Å²) < 4.78 is 1.83. The average molecular weight is 271 g/mol. The van der Waals surface area contributed by atoms with Gasteiger partial charge in [-0.3, -0.25) is 0 Å². The Morgan fingerprint density at radius 2 is 1.95 bits per heavy atom.